The Morgan fingerprint density at radius 2 is 2.12 bits per heavy atom. The number of hydrogen-bond donors (Lipinski definition) is 1. The molecule has 4 heteroatoms. The smallest absolute Gasteiger partial charge is 0.264 e. The summed E-state index contributed by atoms with van der Waals surface area (Å²) < 4.78 is 0. The lowest BCUT2D eigenvalue weighted by molar-refractivity contribution is 0.981. The van der Waals surface area contributed by atoms with Crippen molar-refractivity contribution in [3.8, 4) is 17.3 Å². The van der Waals surface area contributed by atoms with Gasteiger partial charge in [0.1, 0.15) is 0 Å². The van der Waals surface area contributed by atoms with Gasteiger partial charge < -0.3 is 0 Å². The summed E-state index contributed by atoms with van der Waals surface area (Å²) in [5.74, 6) is 0. The minimum atomic E-state index is -0.240. The molecule has 78 valence electrons. The van der Waals surface area contributed by atoms with Gasteiger partial charge in [-0.1, -0.05) is 18.2 Å². The molecule has 2 aromatic rings. The third-order valence-corrected chi connectivity index (χ3v) is 2.30. The highest BCUT2D eigenvalue weighted by atomic mass is 16.1. The Hall–Kier alpha value is -2.41. The van der Waals surface area contributed by atoms with Crippen molar-refractivity contribution in [2.45, 2.75) is 6.92 Å². The first kappa shape index (κ1) is 10.1. The van der Waals surface area contributed by atoms with Crippen LogP contribution >= 0.6 is 0 Å². The van der Waals surface area contributed by atoms with Gasteiger partial charge in [-0.25, -0.2) is 5.10 Å². The van der Waals surface area contributed by atoms with Gasteiger partial charge >= 0.3 is 0 Å². The largest absolute Gasteiger partial charge is 0.268 e. The van der Waals surface area contributed by atoms with Gasteiger partial charge in [0.15, 0.2) is 0 Å². The Morgan fingerprint density at radius 3 is 2.81 bits per heavy atom. The zero-order chi connectivity index (χ0) is 11.5. The van der Waals surface area contributed by atoms with E-state index >= 15 is 0 Å². The summed E-state index contributed by atoms with van der Waals surface area (Å²) in [4.78, 5) is 11.0. The average Bonchev–Trinajstić information content (AvgIpc) is 2.29. The van der Waals surface area contributed by atoms with Crippen LogP contribution in [0, 0.1) is 18.3 Å². The van der Waals surface area contributed by atoms with E-state index in [1.807, 2.05) is 12.1 Å². The summed E-state index contributed by atoms with van der Waals surface area (Å²) in [6, 6.07) is 10.7. The van der Waals surface area contributed by atoms with E-state index in [1.54, 1.807) is 19.1 Å². The molecule has 4 nitrogen and oxygen atoms in total. The van der Waals surface area contributed by atoms with Crippen LogP contribution in [0.25, 0.3) is 11.3 Å². The molecule has 0 radical (unpaired) electrons. The summed E-state index contributed by atoms with van der Waals surface area (Å²) in [7, 11) is 0. The van der Waals surface area contributed by atoms with Gasteiger partial charge in [-0.3, -0.25) is 4.79 Å². The summed E-state index contributed by atoms with van der Waals surface area (Å²) in [5.41, 5.74) is 2.43. The van der Waals surface area contributed by atoms with Crippen LogP contribution in [0.4, 0.5) is 0 Å². The molecule has 0 bridgehead atoms. The lowest BCUT2D eigenvalue weighted by Crippen LogP contribution is -2.08. The Kier molecular flexibility index (Phi) is 2.52. The molecule has 1 N–H and O–H groups in total. The minimum absolute atomic E-state index is 0.240. The molecule has 0 atom stereocenters. The molecule has 0 saturated heterocycles. The third-order valence-electron chi connectivity index (χ3n) is 2.30. The Morgan fingerprint density at radius 1 is 1.38 bits per heavy atom. The molecule has 0 spiro atoms. The predicted molar refractivity (Wildman–Crippen MR) is 59.7 cm³/mol. The number of nitrogens with one attached hydrogen (secondary N) is 1. The number of aromatic amines is 1. The zero-order valence-electron chi connectivity index (χ0n) is 8.69. The van der Waals surface area contributed by atoms with Crippen molar-refractivity contribution in [3.05, 3.63) is 51.8 Å². The standard InChI is InChI=1S/C12H9N3O/c1-8-6-11(16)14-15-12(8)10-5-3-2-4-9(10)7-13/h2-6H,1H3,(H,14,16). The molecule has 1 heterocycles. The maximum Gasteiger partial charge on any atom is 0.264 e. The highest BCUT2D eigenvalue weighted by molar-refractivity contribution is 5.69. The topological polar surface area (TPSA) is 69.5 Å². The van der Waals surface area contributed by atoms with Crippen molar-refractivity contribution in [3.63, 3.8) is 0 Å². The molecule has 0 fully saturated rings. The maximum atomic E-state index is 11.0. The Bertz CT molecular complexity index is 623. The highest BCUT2D eigenvalue weighted by Crippen LogP contribution is 2.22. The van der Waals surface area contributed by atoms with E-state index < -0.39 is 0 Å². The summed E-state index contributed by atoms with van der Waals surface area (Å²) in [5, 5.41) is 15.3. The average molecular weight is 211 g/mol. The molecular weight excluding hydrogens is 202 g/mol. The van der Waals surface area contributed by atoms with Crippen LogP contribution in [0.3, 0.4) is 0 Å². The number of aryl methyl sites for hydroxylation is 1. The van der Waals surface area contributed by atoms with Crippen LogP contribution in [0.2, 0.25) is 0 Å². The van der Waals surface area contributed by atoms with Gasteiger partial charge in [-0.05, 0) is 18.6 Å². The van der Waals surface area contributed by atoms with E-state index in [9.17, 15) is 4.79 Å². The number of nitrogens with zero attached hydrogens (tertiary/aromatic N) is 2. The van der Waals surface area contributed by atoms with Gasteiger partial charge in [-0.2, -0.15) is 10.4 Å². The van der Waals surface area contributed by atoms with Crippen LogP contribution in [-0.4, -0.2) is 10.2 Å². The van der Waals surface area contributed by atoms with Crippen LogP contribution < -0.4 is 5.56 Å². The molecule has 1 aromatic heterocycles. The zero-order valence-corrected chi connectivity index (χ0v) is 8.69. The quantitative estimate of drug-likeness (QED) is 0.779. The first-order valence-electron chi connectivity index (χ1n) is 4.78. The molecule has 1 aromatic carbocycles. The number of nitriles is 1. The van der Waals surface area contributed by atoms with Crippen molar-refractivity contribution in [2.24, 2.45) is 0 Å². The van der Waals surface area contributed by atoms with E-state index in [2.05, 4.69) is 16.3 Å². The number of rotatable bonds is 1. The third kappa shape index (κ3) is 1.71. The van der Waals surface area contributed by atoms with Gasteiger partial charge in [0, 0.05) is 11.6 Å². The fraction of sp³-hybridized carbons (Fsp3) is 0.0833. The summed E-state index contributed by atoms with van der Waals surface area (Å²) in [6.07, 6.45) is 0. The van der Waals surface area contributed by atoms with E-state index in [0.717, 1.165) is 11.1 Å². The number of benzene rings is 1. The normalized spacial score (nSPS) is 9.75. The van der Waals surface area contributed by atoms with Crippen molar-refractivity contribution in [1.82, 2.24) is 10.2 Å². The van der Waals surface area contributed by atoms with Crippen molar-refractivity contribution >= 4 is 0 Å². The molecule has 0 aliphatic heterocycles. The second-order valence-corrected chi connectivity index (χ2v) is 3.42. The van der Waals surface area contributed by atoms with Crippen LogP contribution in [-0.2, 0) is 0 Å². The van der Waals surface area contributed by atoms with Crippen LogP contribution in [0.5, 0.6) is 0 Å². The van der Waals surface area contributed by atoms with E-state index in [-0.39, 0.29) is 5.56 Å². The lowest BCUT2D eigenvalue weighted by atomic mass is 10.0. The van der Waals surface area contributed by atoms with Gasteiger partial charge in [-0.15, -0.1) is 0 Å². The van der Waals surface area contributed by atoms with E-state index in [1.165, 1.54) is 6.07 Å². The molecule has 16 heavy (non-hydrogen) atoms. The maximum absolute atomic E-state index is 11.0. The second kappa shape index (κ2) is 3.99. The van der Waals surface area contributed by atoms with Crippen LogP contribution in [0.15, 0.2) is 35.1 Å². The second-order valence-electron chi connectivity index (χ2n) is 3.42. The van der Waals surface area contributed by atoms with Gasteiger partial charge in [0.25, 0.3) is 5.56 Å². The first-order chi connectivity index (χ1) is 7.72. The van der Waals surface area contributed by atoms with Crippen LogP contribution in [0.1, 0.15) is 11.1 Å². The number of aromatic nitrogens is 2. The van der Waals surface area contributed by atoms with Crippen molar-refractivity contribution < 1.29 is 0 Å². The number of hydrogen-bond acceptors (Lipinski definition) is 3. The molecule has 2 rings (SSSR count). The van der Waals surface area contributed by atoms with Crippen molar-refractivity contribution in [2.75, 3.05) is 0 Å². The fourth-order valence-corrected chi connectivity index (χ4v) is 1.56. The minimum Gasteiger partial charge on any atom is -0.268 e. The molecule has 0 aliphatic carbocycles. The molecule has 0 saturated carbocycles. The first-order valence-corrected chi connectivity index (χ1v) is 4.78. The summed E-state index contributed by atoms with van der Waals surface area (Å²) in [6.45, 7) is 1.80. The Labute approximate surface area is 92.2 Å². The van der Waals surface area contributed by atoms with E-state index in [4.69, 9.17) is 5.26 Å². The lowest BCUT2D eigenvalue weighted by Gasteiger charge is -2.04. The van der Waals surface area contributed by atoms with Gasteiger partial charge in [0.05, 0.1) is 17.3 Å². The molecular formula is C12H9N3O. The highest BCUT2D eigenvalue weighted by Gasteiger charge is 2.08. The molecule has 0 unspecified atom stereocenters. The number of H-pyrrole nitrogens is 1. The monoisotopic (exact) mass is 211 g/mol. The van der Waals surface area contributed by atoms with Crippen molar-refractivity contribution in [1.29, 1.82) is 5.26 Å². The molecule has 0 amide bonds. The predicted octanol–water partition coefficient (Wildman–Crippen LogP) is 1.62. The molecule has 0 aliphatic rings. The fourth-order valence-electron chi connectivity index (χ4n) is 1.56. The summed E-state index contributed by atoms with van der Waals surface area (Å²) >= 11 is 0. The Balaban J connectivity index is 2.69. The van der Waals surface area contributed by atoms with E-state index in [0.29, 0.717) is 11.3 Å². The SMILES string of the molecule is Cc1cc(=O)[nH]nc1-c1ccccc1C#N. The van der Waals surface area contributed by atoms with Gasteiger partial charge in [0.2, 0.25) is 0 Å².